The van der Waals surface area contributed by atoms with E-state index in [0.29, 0.717) is 0 Å². The van der Waals surface area contributed by atoms with Crippen molar-refractivity contribution in [3.8, 4) is 5.75 Å². The van der Waals surface area contributed by atoms with E-state index in [0.717, 1.165) is 5.75 Å². The van der Waals surface area contributed by atoms with Crippen LogP contribution in [0.3, 0.4) is 0 Å². The maximum absolute atomic E-state index is 5.21. The lowest BCUT2D eigenvalue weighted by Crippen LogP contribution is -2.12. The van der Waals surface area contributed by atoms with Gasteiger partial charge >= 0.3 is 0 Å². The minimum Gasteiger partial charge on any atom is -0.495 e. The molecule has 0 spiro atoms. The lowest BCUT2D eigenvalue weighted by Gasteiger charge is -2.21. The summed E-state index contributed by atoms with van der Waals surface area (Å²) in [6.45, 7) is 6.47. The molecule has 0 fully saturated rings. The van der Waals surface area contributed by atoms with Gasteiger partial charge in [-0.25, -0.2) is 0 Å². The van der Waals surface area contributed by atoms with Crippen molar-refractivity contribution in [1.82, 2.24) is 4.98 Å². The first kappa shape index (κ1) is 9.04. The van der Waals surface area contributed by atoms with Crippen molar-refractivity contribution in [3.63, 3.8) is 0 Å². The van der Waals surface area contributed by atoms with Gasteiger partial charge in [0, 0.05) is 11.8 Å². The predicted molar refractivity (Wildman–Crippen MR) is 49.5 cm³/mol. The van der Waals surface area contributed by atoms with Crippen LogP contribution in [0.5, 0.6) is 5.75 Å². The van der Waals surface area contributed by atoms with Crippen molar-refractivity contribution < 1.29 is 4.74 Å². The molecule has 0 aliphatic heterocycles. The molecule has 0 N–H and O–H groups in total. The zero-order chi connectivity index (χ0) is 9.19. The summed E-state index contributed by atoms with van der Waals surface area (Å²) in [5.41, 5.74) is 1.31. The van der Waals surface area contributed by atoms with E-state index in [4.69, 9.17) is 4.74 Å². The molecule has 0 amide bonds. The highest BCUT2D eigenvalue weighted by atomic mass is 16.5. The zero-order valence-corrected chi connectivity index (χ0v) is 8.09. The van der Waals surface area contributed by atoms with E-state index in [9.17, 15) is 0 Å². The molecule has 0 aliphatic rings. The van der Waals surface area contributed by atoms with Gasteiger partial charge in [-0.2, -0.15) is 0 Å². The SMILES string of the molecule is COc1cnccc1C(C)(C)C. The van der Waals surface area contributed by atoms with Crippen molar-refractivity contribution in [1.29, 1.82) is 0 Å². The van der Waals surface area contributed by atoms with Gasteiger partial charge in [0.15, 0.2) is 0 Å². The average Bonchev–Trinajstić information content (AvgIpc) is 2.03. The van der Waals surface area contributed by atoms with Gasteiger partial charge in [-0.05, 0) is 11.5 Å². The average molecular weight is 165 g/mol. The summed E-state index contributed by atoms with van der Waals surface area (Å²) in [6.07, 6.45) is 3.55. The minimum absolute atomic E-state index is 0.119. The van der Waals surface area contributed by atoms with E-state index in [2.05, 4.69) is 25.8 Å². The van der Waals surface area contributed by atoms with Crippen LogP contribution in [-0.2, 0) is 5.41 Å². The molecule has 12 heavy (non-hydrogen) atoms. The standard InChI is InChI=1S/C10H15NO/c1-10(2,3)8-5-6-11-7-9(8)12-4/h5-7H,1-4H3. The number of methoxy groups -OCH3 is 1. The van der Waals surface area contributed by atoms with Gasteiger partial charge in [0.1, 0.15) is 5.75 Å². The van der Waals surface area contributed by atoms with Gasteiger partial charge in [0.05, 0.1) is 13.3 Å². The summed E-state index contributed by atoms with van der Waals surface area (Å²) >= 11 is 0. The second kappa shape index (κ2) is 3.13. The third-order valence-electron chi connectivity index (χ3n) is 1.81. The Morgan fingerprint density at radius 2 is 2.00 bits per heavy atom. The zero-order valence-electron chi connectivity index (χ0n) is 8.09. The van der Waals surface area contributed by atoms with Crippen molar-refractivity contribution >= 4 is 0 Å². The Morgan fingerprint density at radius 1 is 1.33 bits per heavy atom. The summed E-state index contributed by atoms with van der Waals surface area (Å²) in [4.78, 5) is 4.00. The molecule has 2 nitrogen and oxygen atoms in total. The largest absolute Gasteiger partial charge is 0.495 e. The Bertz CT molecular complexity index is 263. The van der Waals surface area contributed by atoms with Gasteiger partial charge < -0.3 is 4.74 Å². The Kier molecular flexibility index (Phi) is 2.36. The number of pyridine rings is 1. The monoisotopic (exact) mass is 165 g/mol. The Morgan fingerprint density at radius 3 is 2.42 bits per heavy atom. The number of hydrogen-bond acceptors (Lipinski definition) is 2. The van der Waals surface area contributed by atoms with E-state index in [1.54, 1.807) is 19.5 Å². The Hall–Kier alpha value is -1.05. The summed E-state index contributed by atoms with van der Waals surface area (Å²) in [5.74, 6) is 0.866. The normalized spacial score (nSPS) is 11.3. The molecule has 0 aliphatic carbocycles. The third kappa shape index (κ3) is 1.76. The maximum Gasteiger partial charge on any atom is 0.140 e. The lowest BCUT2D eigenvalue weighted by molar-refractivity contribution is 0.395. The van der Waals surface area contributed by atoms with Crippen LogP contribution in [0.25, 0.3) is 0 Å². The summed E-state index contributed by atoms with van der Waals surface area (Å²) in [5, 5.41) is 0. The van der Waals surface area contributed by atoms with Crippen molar-refractivity contribution in [2.75, 3.05) is 7.11 Å². The fourth-order valence-corrected chi connectivity index (χ4v) is 1.16. The van der Waals surface area contributed by atoms with E-state index in [-0.39, 0.29) is 5.41 Å². The number of hydrogen-bond donors (Lipinski definition) is 0. The van der Waals surface area contributed by atoms with Crippen molar-refractivity contribution in [2.45, 2.75) is 26.2 Å². The van der Waals surface area contributed by atoms with E-state index < -0.39 is 0 Å². The molecule has 0 bridgehead atoms. The molecular formula is C10H15NO. The first-order valence-corrected chi connectivity index (χ1v) is 4.04. The summed E-state index contributed by atoms with van der Waals surface area (Å²) in [7, 11) is 1.67. The highest BCUT2D eigenvalue weighted by molar-refractivity contribution is 5.35. The van der Waals surface area contributed by atoms with Gasteiger partial charge in [-0.15, -0.1) is 0 Å². The molecule has 0 unspecified atom stereocenters. The van der Waals surface area contributed by atoms with Crippen LogP contribution in [0.15, 0.2) is 18.5 Å². The van der Waals surface area contributed by atoms with E-state index in [1.807, 2.05) is 6.07 Å². The van der Waals surface area contributed by atoms with Crippen LogP contribution < -0.4 is 4.74 Å². The summed E-state index contributed by atoms with van der Waals surface area (Å²) < 4.78 is 5.21. The minimum atomic E-state index is 0.119. The smallest absolute Gasteiger partial charge is 0.140 e. The fraction of sp³-hybridized carbons (Fsp3) is 0.500. The van der Waals surface area contributed by atoms with Gasteiger partial charge in [-0.1, -0.05) is 20.8 Å². The second-order valence-electron chi connectivity index (χ2n) is 3.83. The molecule has 1 heterocycles. The Balaban J connectivity index is 3.14. The molecule has 66 valence electrons. The Labute approximate surface area is 73.6 Å². The maximum atomic E-state index is 5.21. The van der Waals surface area contributed by atoms with Gasteiger partial charge in [-0.3, -0.25) is 4.98 Å². The topological polar surface area (TPSA) is 22.1 Å². The fourth-order valence-electron chi connectivity index (χ4n) is 1.16. The number of nitrogens with zero attached hydrogens (tertiary/aromatic N) is 1. The number of aromatic nitrogens is 1. The van der Waals surface area contributed by atoms with Gasteiger partial charge in [0.2, 0.25) is 0 Å². The molecule has 0 aromatic carbocycles. The third-order valence-corrected chi connectivity index (χ3v) is 1.81. The van der Waals surface area contributed by atoms with E-state index in [1.165, 1.54) is 5.56 Å². The molecule has 1 aromatic rings. The second-order valence-corrected chi connectivity index (χ2v) is 3.83. The quantitative estimate of drug-likeness (QED) is 0.637. The van der Waals surface area contributed by atoms with E-state index >= 15 is 0 Å². The first-order chi connectivity index (χ1) is 5.55. The molecule has 0 saturated heterocycles. The predicted octanol–water partition coefficient (Wildman–Crippen LogP) is 2.39. The van der Waals surface area contributed by atoms with Crippen molar-refractivity contribution in [2.24, 2.45) is 0 Å². The molecule has 1 aromatic heterocycles. The molecule has 0 saturated carbocycles. The molecule has 2 heteroatoms. The van der Waals surface area contributed by atoms with Crippen LogP contribution in [0, 0.1) is 0 Å². The molecular weight excluding hydrogens is 150 g/mol. The van der Waals surface area contributed by atoms with Crippen LogP contribution in [0.1, 0.15) is 26.3 Å². The number of ether oxygens (including phenoxy) is 1. The summed E-state index contributed by atoms with van der Waals surface area (Å²) in [6, 6.07) is 2.00. The van der Waals surface area contributed by atoms with Crippen LogP contribution >= 0.6 is 0 Å². The molecule has 0 radical (unpaired) electrons. The van der Waals surface area contributed by atoms with Crippen molar-refractivity contribution in [3.05, 3.63) is 24.0 Å². The van der Waals surface area contributed by atoms with Crippen LogP contribution in [0.4, 0.5) is 0 Å². The van der Waals surface area contributed by atoms with Crippen LogP contribution in [0.2, 0.25) is 0 Å². The molecule has 1 rings (SSSR count). The van der Waals surface area contributed by atoms with Gasteiger partial charge in [0.25, 0.3) is 0 Å². The molecule has 0 atom stereocenters. The first-order valence-electron chi connectivity index (χ1n) is 4.04. The lowest BCUT2D eigenvalue weighted by atomic mass is 9.87. The highest BCUT2D eigenvalue weighted by Crippen LogP contribution is 2.29. The number of rotatable bonds is 1. The highest BCUT2D eigenvalue weighted by Gasteiger charge is 2.17. The van der Waals surface area contributed by atoms with Crippen LogP contribution in [-0.4, -0.2) is 12.1 Å².